The minimum Gasteiger partial charge on any atom is -0.507 e. The van der Waals surface area contributed by atoms with E-state index in [1.807, 2.05) is 36.5 Å². The number of phenolic OH excluding ortho intramolecular Hbond substituents is 1. The molecule has 0 saturated carbocycles. The summed E-state index contributed by atoms with van der Waals surface area (Å²) in [6.45, 7) is 4.60. The van der Waals surface area contributed by atoms with E-state index >= 15 is 0 Å². The minimum absolute atomic E-state index is 0. The summed E-state index contributed by atoms with van der Waals surface area (Å²) in [5.74, 6) is 0.828. The van der Waals surface area contributed by atoms with Gasteiger partial charge in [-0.05, 0) is 63.7 Å². The molecule has 4 nitrogen and oxygen atoms in total. The number of fused-ring (bicyclic) bond motifs is 4. The first kappa shape index (κ1) is 35.4. The van der Waals surface area contributed by atoms with E-state index in [1.165, 1.54) is 16.7 Å². The number of hydrogen-bond donors (Lipinski definition) is 1. The predicted octanol–water partition coefficient (Wildman–Crippen LogP) is 12.6. The van der Waals surface area contributed by atoms with Crippen molar-refractivity contribution in [2.45, 2.75) is 19.3 Å². The standard InChI is InChI=1S/C51H36N3O.Pt/c1-51(2)42-24-12-9-21-40(42)47-43(51)28-29-52-48(47)37-31-35(33-16-5-3-6-17-33)30-36(32-37)39-23-15-26-45-49(39)53-50(41-22-11-14-27-46(41)55)54(45)44-25-13-10-20-38(44)34-18-7-4-8-19-34;/h3-31,55H,1-2H3;/q-1;. The second kappa shape index (κ2) is 14.1. The van der Waals surface area contributed by atoms with Crippen molar-refractivity contribution in [3.8, 4) is 78.6 Å². The van der Waals surface area contributed by atoms with Crippen LogP contribution in [-0.2, 0) is 26.5 Å². The molecule has 1 aliphatic carbocycles. The third kappa shape index (κ3) is 5.72. The van der Waals surface area contributed by atoms with Crippen LogP contribution in [-0.4, -0.2) is 19.6 Å². The Morgan fingerprint density at radius 3 is 1.95 bits per heavy atom. The van der Waals surface area contributed by atoms with Crippen LogP contribution in [0.15, 0.2) is 176 Å². The van der Waals surface area contributed by atoms with E-state index in [9.17, 15) is 5.11 Å². The van der Waals surface area contributed by atoms with E-state index in [0.29, 0.717) is 11.4 Å². The second-order valence-corrected chi connectivity index (χ2v) is 14.7. The molecule has 0 aliphatic heterocycles. The number of para-hydroxylation sites is 3. The molecule has 0 atom stereocenters. The first-order valence-electron chi connectivity index (χ1n) is 18.6. The maximum absolute atomic E-state index is 11.3. The Balaban J connectivity index is 0.00000410. The number of aromatic hydroxyl groups is 1. The molecule has 56 heavy (non-hydrogen) atoms. The third-order valence-electron chi connectivity index (χ3n) is 11.1. The van der Waals surface area contributed by atoms with Gasteiger partial charge in [-0.15, -0.1) is 23.8 Å². The first-order valence-corrected chi connectivity index (χ1v) is 18.6. The van der Waals surface area contributed by atoms with Gasteiger partial charge in [-0.25, -0.2) is 4.98 Å². The molecule has 1 aliphatic rings. The molecule has 9 aromatic rings. The molecule has 0 amide bonds. The number of hydrogen-bond acceptors (Lipinski definition) is 3. The molecule has 10 rings (SSSR count). The van der Waals surface area contributed by atoms with E-state index in [2.05, 4.69) is 158 Å². The van der Waals surface area contributed by atoms with Crippen LogP contribution in [0.2, 0.25) is 0 Å². The van der Waals surface area contributed by atoms with Crippen molar-refractivity contribution in [2.24, 2.45) is 0 Å². The molecule has 5 heteroatoms. The average molecular weight is 902 g/mol. The van der Waals surface area contributed by atoms with Gasteiger partial charge in [0, 0.05) is 43.9 Å². The quantitative estimate of drug-likeness (QED) is 0.169. The Kier molecular flexibility index (Phi) is 8.87. The zero-order valence-electron chi connectivity index (χ0n) is 30.8. The van der Waals surface area contributed by atoms with E-state index in [4.69, 9.17) is 9.97 Å². The first-order chi connectivity index (χ1) is 27.0. The smallest absolute Gasteiger partial charge is 0.148 e. The number of nitrogens with zero attached hydrogens (tertiary/aromatic N) is 3. The minimum atomic E-state index is -0.155. The van der Waals surface area contributed by atoms with Crippen LogP contribution in [0.5, 0.6) is 5.75 Å². The number of benzene rings is 7. The molecule has 2 aromatic heterocycles. The van der Waals surface area contributed by atoms with Crippen LogP contribution < -0.4 is 0 Å². The Bertz CT molecular complexity index is 2910. The van der Waals surface area contributed by atoms with Gasteiger partial charge in [-0.2, -0.15) is 0 Å². The Hall–Kier alpha value is -6.35. The van der Waals surface area contributed by atoms with Crippen molar-refractivity contribution in [1.82, 2.24) is 14.5 Å². The van der Waals surface area contributed by atoms with E-state index < -0.39 is 0 Å². The zero-order valence-corrected chi connectivity index (χ0v) is 33.1. The number of aromatic nitrogens is 3. The fourth-order valence-electron chi connectivity index (χ4n) is 8.42. The maximum atomic E-state index is 11.3. The molecule has 1 N–H and O–H groups in total. The van der Waals surface area contributed by atoms with Gasteiger partial charge in [0.1, 0.15) is 11.6 Å². The van der Waals surface area contributed by atoms with Crippen LogP contribution in [0.4, 0.5) is 0 Å². The number of imidazole rings is 1. The molecule has 0 bridgehead atoms. The topological polar surface area (TPSA) is 50.9 Å². The van der Waals surface area contributed by atoms with Gasteiger partial charge in [-0.1, -0.05) is 158 Å². The van der Waals surface area contributed by atoms with E-state index in [1.54, 1.807) is 6.07 Å². The molecule has 0 fully saturated rings. The van der Waals surface area contributed by atoms with Gasteiger partial charge in [0.25, 0.3) is 0 Å². The molecule has 272 valence electrons. The van der Waals surface area contributed by atoms with Crippen LogP contribution >= 0.6 is 0 Å². The van der Waals surface area contributed by atoms with Crippen molar-refractivity contribution in [3.63, 3.8) is 0 Å². The molecule has 0 radical (unpaired) electrons. The van der Waals surface area contributed by atoms with Gasteiger partial charge in [-0.3, -0.25) is 9.55 Å². The molecule has 0 unspecified atom stereocenters. The van der Waals surface area contributed by atoms with Crippen LogP contribution in [0.25, 0.3) is 83.9 Å². The normalized spacial score (nSPS) is 12.5. The van der Waals surface area contributed by atoms with E-state index in [0.717, 1.165) is 66.9 Å². The number of phenols is 1. The maximum Gasteiger partial charge on any atom is 0.148 e. The van der Waals surface area contributed by atoms with Crippen molar-refractivity contribution in [1.29, 1.82) is 0 Å². The molecule has 7 aromatic carbocycles. The van der Waals surface area contributed by atoms with Crippen molar-refractivity contribution < 1.29 is 26.2 Å². The average Bonchev–Trinajstić information content (AvgIpc) is 3.74. The summed E-state index contributed by atoms with van der Waals surface area (Å²) in [6, 6.07) is 62.2. The largest absolute Gasteiger partial charge is 0.507 e. The summed E-state index contributed by atoms with van der Waals surface area (Å²) in [7, 11) is 0. The van der Waals surface area contributed by atoms with Crippen LogP contribution in [0, 0.1) is 6.07 Å². The van der Waals surface area contributed by atoms with Crippen molar-refractivity contribution in [3.05, 3.63) is 193 Å². The number of pyridine rings is 1. The molecule has 2 heterocycles. The predicted molar refractivity (Wildman–Crippen MR) is 224 cm³/mol. The molecular weight excluding hydrogens is 866 g/mol. The number of rotatable bonds is 6. The molecule has 0 saturated heterocycles. The fraction of sp³-hybridized carbons (Fsp3) is 0.0588. The van der Waals surface area contributed by atoms with Gasteiger partial charge >= 0.3 is 0 Å². The Morgan fingerprint density at radius 1 is 0.554 bits per heavy atom. The van der Waals surface area contributed by atoms with E-state index in [-0.39, 0.29) is 32.2 Å². The monoisotopic (exact) mass is 901 g/mol. The van der Waals surface area contributed by atoms with Gasteiger partial charge in [0.05, 0.1) is 22.3 Å². The van der Waals surface area contributed by atoms with Gasteiger partial charge < -0.3 is 5.11 Å². The fourth-order valence-corrected chi connectivity index (χ4v) is 8.42. The summed E-state index contributed by atoms with van der Waals surface area (Å²) < 4.78 is 2.18. The summed E-state index contributed by atoms with van der Waals surface area (Å²) in [5.41, 5.74) is 16.2. The summed E-state index contributed by atoms with van der Waals surface area (Å²) >= 11 is 0. The Morgan fingerprint density at radius 2 is 1.18 bits per heavy atom. The summed E-state index contributed by atoms with van der Waals surface area (Å²) in [5, 5.41) is 11.3. The van der Waals surface area contributed by atoms with Crippen LogP contribution in [0.1, 0.15) is 25.0 Å². The summed E-state index contributed by atoms with van der Waals surface area (Å²) in [6.07, 6.45) is 1.94. The zero-order chi connectivity index (χ0) is 37.1. The SMILES string of the molecule is CC1(C)c2ccccc2-c2c1ccnc2-c1[c-]c(-c2cccc3c2nc(-c2ccccc2O)n3-c2ccccc2-c2ccccc2)cc(-c2ccccc2)c1.[Pt]. The Labute approximate surface area is 341 Å². The molecule has 0 spiro atoms. The van der Waals surface area contributed by atoms with Crippen LogP contribution in [0.3, 0.4) is 0 Å². The van der Waals surface area contributed by atoms with Gasteiger partial charge in [0.2, 0.25) is 0 Å². The molecular formula is C51H36N3OPt-. The van der Waals surface area contributed by atoms with Gasteiger partial charge in [0.15, 0.2) is 0 Å². The third-order valence-corrected chi connectivity index (χ3v) is 11.1. The van der Waals surface area contributed by atoms with Crippen molar-refractivity contribution in [2.75, 3.05) is 0 Å². The van der Waals surface area contributed by atoms with Crippen molar-refractivity contribution >= 4 is 11.0 Å². The summed E-state index contributed by atoms with van der Waals surface area (Å²) in [4.78, 5) is 10.5. The second-order valence-electron chi connectivity index (χ2n) is 14.7.